The Morgan fingerprint density at radius 2 is 1.88 bits per heavy atom. The molecule has 1 aliphatic heterocycles. The van der Waals surface area contributed by atoms with Gasteiger partial charge in [0.1, 0.15) is 17.6 Å². The lowest BCUT2D eigenvalue weighted by molar-refractivity contribution is 0.122. The van der Waals surface area contributed by atoms with Gasteiger partial charge in [-0.2, -0.15) is 5.26 Å². The van der Waals surface area contributed by atoms with Crippen LogP contribution in [0.4, 0.5) is 11.5 Å². The van der Waals surface area contributed by atoms with E-state index >= 15 is 0 Å². The molecular weight excluding hydrogens is 300 g/mol. The summed E-state index contributed by atoms with van der Waals surface area (Å²) in [5.41, 5.74) is 3.78. The molecule has 1 atom stereocenters. The lowest BCUT2D eigenvalue weighted by atomic mass is 10.1. The minimum Gasteiger partial charge on any atom is -0.378 e. The van der Waals surface area contributed by atoms with Crippen molar-refractivity contribution in [2.45, 2.75) is 19.9 Å². The SMILES string of the molecule is Cc1ccc(NC(C)c2ccc(N3CCOCC3)cc2)nc1C#N. The van der Waals surface area contributed by atoms with Gasteiger partial charge < -0.3 is 15.0 Å². The quantitative estimate of drug-likeness (QED) is 0.936. The number of ether oxygens (including phenoxy) is 1. The third kappa shape index (κ3) is 3.66. The van der Waals surface area contributed by atoms with E-state index in [4.69, 9.17) is 10.00 Å². The van der Waals surface area contributed by atoms with Crippen LogP contribution in [0.5, 0.6) is 0 Å². The van der Waals surface area contributed by atoms with Crippen LogP contribution in [-0.4, -0.2) is 31.3 Å². The molecule has 1 aromatic carbocycles. The zero-order valence-electron chi connectivity index (χ0n) is 14.1. The first-order valence-corrected chi connectivity index (χ1v) is 8.24. The highest BCUT2D eigenvalue weighted by atomic mass is 16.5. The molecule has 24 heavy (non-hydrogen) atoms. The van der Waals surface area contributed by atoms with Crippen molar-refractivity contribution in [2.24, 2.45) is 0 Å². The van der Waals surface area contributed by atoms with Crippen LogP contribution in [0.2, 0.25) is 0 Å². The molecule has 0 radical (unpaired) electrons. The van der Waals surface area contributed by atoms with E-state index in [9.17, 15) is 0 Å². The van der Waals surface area contributed by atoms with Crippen LogP contribution < -0.4 is 10.2 Å². The van der Waals surface area contributed by atoms with Gasteiger partial charge in [-0.25, -0.2) is 4.98 Å². The fourth-order valence-electron chi connectivity index (χ4n) is 2.82. The summed E-state index contributed by atoms with van der Waals surface area (Å²) in [5.74, 6) is 0.724. The lowest BCUT2D eigenvalue weighted by Crippen LogP contribution is -2.36. The lowest BCUT2D eigenvalue weighted by Gasteiger charge is -2.29. The first-order valence-electron chi connectivity index (χ1n) is 8.24. The van der Waals surface area contributed by atoms with Gasteiger partial charge in [-0.15, -0.1) is 0 Å². The average Bonchev–Trinajstić information content (AvgIpc) is 2.64. The van der Waals surface area contributed by atoms with E-state index in [0.29, 0.717) is 5.69 Å². The molecule has 0 aliphatic carbocycles. The van der Waals surface area contributed by atoms with Crippen LogP contribution >= 0.6 is 0 Å². The van der Waals surface area contributed by atoms with Crippen LogP contribution in [0.3, 0.4) is 0 Å². The number of aromatic nitrogens is 1. The molecule has 2 aromatic rings. The van der Waals surface area contributed by atoms with Crippen molar-refractivity contribution < 1.29 is 4.74 Å². The van der Waals surface area contributed by atoms with Gasteiger partial charge in [0.05, 0.1) is 13.2 Å². The maximum absolute atomic E-state index is 9.09. The largest absolute Gasteiger partial charge is 0.378 e. The second-order valence-electron chi connectivity index (χ2n) is 6.03. The van der Waals surface area contributed by atoms with Crippen molar-refractivity contribution in [1.82, 2.24) is 4.98 Å². The standard InChI is InChI=1S/C19H22N4O/c1-14-3-8-19(22-18(14)13-20)21-15(2)16-4-6-17(7-5-16)23-9-11-24-12-10-23/h3-8,15H,9-12H2,1-2H3,(H,21,22). The normalized spacial score (nSPS) is 15.6. The molecule has 2 heterocycles. The summed E-state index contributed by atoms with van der Waals surface area (Å²) in [4.78, 5) is 6.69. The van der Waals surface area contributed by atoms with Crippen LogP contribution in [0.1, 0.15) is 29.8 Å². The molecule has 0 spiro atoms. The maximum Gasteiger partial charge on any atom is 0.145 e. The molecule has 1 saturated heterocycles. The average molecular weight is 322 g/mol. The molecule has 5 nitrogen and oxygen atoms in total. The molecule has 5 heteroatoms. The molecule has 124 valence electrons. The van der Waals surface area contributed by atoms with Gasteiger partial charge >= 0.3 is 0 Å². The molecule has 1 aliphatic rings. The number of morpholine rings is 1. The number of nitriles is 1. The molecule has 1 aromatic heterocycles. The van der Waals surface area contributed by atoms with Crippen molar-refractivity contribution >= 4 is 11.5 Å². The topological polar surface area (TPSA) is 61.2 Å². The number of anilines is 2. The fraction of sp³-hybridized carbons (Fsp3) is 0.368. The van der Waals surface area contributed by atoms with Crippen LogP contribution in [0.25, 0.3) is 0 Å². The summed E-state index contributed by atoms with van der Waals surface area (Å²) in [6.07, 6.45) is 0. The van der Waals surface area contributed by atoms with E-state index in [1.807, 2.05) is 19.1 Å². The second kappa shape index (κ2) is 7.33. The molecule has 0 saturated carbocycles. The Morgan fingerprint density at radius 3 is 2.54 bits per heavy atom. The Bertz CT molecular complexity index is 730. The van der Waals surface area contributed by atoms with Crippen molar-refractivity contribution in [1.29, 1.82) is 5.26 Å². The number of nitrogens with one attached hydrogen (secondary N) is 1. The van der Waals surface area contributed by atoms with Gasteiger partial charge in [0.25, 0.3) is 0 Å². The first kappa shape index (κ1) is 16.3. The number of aryl methyl sites for hydroxylation is 1. The molecular formula is C19H22N4O. The van der Waals surface area contributed by atoms with Crippen molar-refractivity contribution in [3.8, 4) is 6.07 Å². The highest BCUT2D eigenvalue weighted by Gasteiger charge is 2.12. The Kier molecular flexibility index (Phi) is 4.97. The number of benzene rings is 1. The first-order chi connectivity index (χ1) is 11.7. The summed E-state index contributed by atoms with van der Waals surface area (Å²) < 4.78 is 5.40. The van der Waals surface area contributed by atoms with Crippen molar-refractivity contribution in [3.05, 3.63) is 53.2 Å². The monoisotopic (exact) mass is 322 g/mol. The van der Waals surface area contributed by atoms with E-state index in [1.165, 1.54) is 11.3 Å². The number of hydrogen-bond donors (Lipinski definition) is 1. The van der Waals surface area contributed by atoms with E-state index in [2.05, 4.69) is 52.5 Å². The maximum atomic E-state index is 9.09. The number of hydrogen-bond acceptors (Lipinski definition) is 5. The third-order valence-corrected chi connectivity index (χ3v) is 4.34. The Hall–Kier alpha value is -2.58. The summed E-state index contributed by atoms with van der Waals surface area (Å²) in [5, 5.41) is 12.5. The zero-order chi connectivity index (χ0) is 16.9. The van der Waals surface area contributed by atoms with Gasteiger partial charge in [0, 0.05) is 24.8 Å². The van der Waals surface area contributed by atoms with Gasteiger partial charge in [0.2, 0.25) is 0 Å². The molecule has 1 N–H and O–H groups in total. The molecule has 1 fully saturated rings. The fourth-order valence-corrected chi connectivity index (χ4v) is 2.82. The smallest absolute Gasteiger partial charge is 0.145 e. The molecule has 0 bridgehead atoms. The van der Waals surface area contributed by atoms with E-state index in [1.54, 1.807) is 0 Å². The van der Waals surface area contributed by atoms with E-state index < -0.39 is 0 Å². The summed E-state index contributed by atoms with van der Waals surface area (Å²) in [6.45, 7) is 7.45. The molecule has 0 amide bonds. The van der Waals surface area contributed by atoms with E-state index in [0.717, 1.165) is 37.7 Å². The number of nitrogens with zero attached hydrogens (tertiary/aromatic N) is 3. The second-order valence-corrected chi connectivity index (χ2v) is 6.03. The van der Waals surface area contributed by atoms with E-state index in [-0.39, 0.29) is 6.04 Å². The van der Waals surface area contributed by atoms with Gasteiger partial charge in [0.15, 0.2) is 0 Å². The Balaban J connectivity index is 1.68. The third-order valence-electron chi connectivity index (χ3n) is 4.34. The minimum atomic E-state index is 0.116. The highest BCUT2D eigenvalue weighted by molar-refractivity contribution is 5.50. The summed E-state index contributed by atoms with van der Waals surface area (Å²) in [6, 6.07) is 14.7. The summed E-state index contributed by atoms with van der Waals surface area (Å²) >= 11 is 0. The highest BCUT2D eigenvalue weighted by Crippen LogP contribution is 2.23. The Morgan fingerprint density at radius 1 is 1.17 bits per heavy atom. The van der Waals surface area contributed by atoms with Gasteiger partial charge in [-0.05, 0) is 43.2 Å². The number of pyridine rings is 1. The molecule has 3 rings (SSSR count). The van der Waals surface area contributed by atoms with Crippen molar-refractivity contribution in [2.75, 3.05) is 36.5 Å². The zero-order valence-corrected chi connectivity index (χ0v) is 14.1. The van der Waals surface area contributed by atoms with Crippen LogP contribution in [0, 0.1) is 18.3 Å². The minimum absolute atomic E-state index is 0.116. The van der Waals surface area contributed by atoms with Crippen LogP contribution in [0.15, 0.2) is 36.4 Å². The molecule has 1 unspecified atom stereocenters. The number of rotatable bonds is 4. The predicted molar refractivity (Wildman–Crippen MR) is 95.2 cm³/mol. The van der Waals surface area contributed by atoms with Crippen molar-refractivity contribution in [3.63, 3.8) is 0 Å². The van der Waals surface area contributed by atoms with Crippen LogP contribution in [-0.2, 0) is 4.74 Å². The Labute approximate surface area is 142 Å². The summed E-state index contributed by atoms with van der Waals surface area (Å²) in [7, 11) is 0. The van der Waals surface area contributed by atoms with Gasteiger partial charge in [-0.1, -0.05) is 18.2 Å². The van der Waals surface area contributed by atoms with Gasteiger partial charge in [-0.3, -0.25) is 0 Å². The predicted octanol–water partition coefficient (Wildman–Crippen LogP) is 3.27.